The first-order valence-electron chi connectivity index (χ1n) is 24.8. The molecule has 6 aromatic carbocycles. The van der Waals surface area contributed by atoms with Crippen LogP contribution >= 0.6 is 0 Å². The zero-order valence-corrected chi connectivity index (χ0v) is 40.0. The highest BCUT2D eigenvalue weighted by molar-refractivity contribution is 5.48. The lowest BCUT2D eigenvalue weighted by Crippen LogP contribution is -2.38. The molecular weight excluding hydrogens is 928 g/mol. The fourth-order valence-corrected chi connectivity index (χ4v) is 10.3. The van der Waals surface area contributed by atoms with Crippen LogP contribution in [0.25, 0.3) is 0 Å². The number of benzene rings is 6. The monoisotopic (exact) mass is 987 g/mol. The van der Waals surface area contributed by atoms with Crippen molar-refractivity contribution in [1.82, 2.24) is 16.0 Å². The van der Waals surface area contributed by atoms with Crippen LogP contribution in [0.4, 0.5) is 13.2 Å². The van der Waals surface area contributed by atoms with Gasteiger partial charge in [0.2, 0.25) is 20.4 Å². The molecule has 6 aromatic rings. The highest BCUT2D eigenvalue weighted by Gasteiger charge is 2.30. The van der Waals surface area contributed by atoms with Gasteiger partial charge in [0.25, 0.3) is 0 Å². The van der Waals surface area contributed by atoms with Crippen molar-refractivity contribution in [2.45, 2.75) is 37.0 Å². The second kappa shape index (κ2) is 23.6. The Balaban J connectivity index is 0.000000124. The van der Waals surface area contributed by atoms with E-state index < -0.39 is 0 Å². The summed E-state index contributed by atoms with van der Waals surface area (Å²) in [5.41, 5.74) is 3.53. The van der Waals surface area contributed by atoms with Gasteiger partial charge in [-0.25, -0.2) is 13.2 Å². The molecule has 12 nitrogen and oxygen atoms in total. The summed E-state index contributed by atoms with van der Waals surface area (Å²) in [6.07, 6.45) is 3.09. The Kier molecular flexibility index (Phi) is 16.0. The smallest absolute Gasteiger partial charge is 0.231 e. The molecule has 0 bridgehead atoms. The summed E-state index contributed by atoms with van der Waals surface area (Å²) in [5.74, 6) is 8.36. The summed E-state index contributed by atoms with van der Waals surface area (Å²) in [4.78, 5) is 0. The number of rotatable bonds is 12. The Morgan fingerprint density at radius 3 is 0.931 bits per heavy atom. The zero-order chi connectivity index (χ0) is 49.1. The third-order valence-corrected chi connectivity index (χ3v) is 14.1. The van der Waals surface area contributed by atoms with E-state index in [1.54, 1.807) is 0 Å². The lowest BCUT2D eigenvalue weighted by Gasteiger charge is -2.32. The average Bonchev–Trinajstić information content (AvgIpc) is 4.22. The quantitative estimate of drug-likeness (QED) is 0.108. The van der Waals surface area contributed by atoms with Crippen molar-refractivity contribution >= 4 is 0 Å². The summed E-state index contributed by atoms with van der Waals surface area (Å²) >= 11 is 0. The van der Waals surface area contributed by atoms with Crippen LogP contribution < -0.4 is 58.6 Å². The molecule has 15 heteroatoms. The molecular formula is C57H60F3N3O9. The fraction of sp³-hybridized carbons (Fsp3) is 0.368. The molecule has 0 saturated carbocycles. The molecule has 0 spiro atoms. The molecule has 6 heterocycles. The van der Waals surface area contributed by atoms with E-state index in [1.165, 1.54) is 53.1 Å². The Hall–Kier alpha value is -6.81. The van der Waals surface area contributed by atoms with Gasteiger partial charge in [0.15, 0.2) is 34.5 Å². The number of halogens is 3. The fourth-order valence-electron chi connectivity index (χ4n) is 10.3. The van der Waals surface area contributed by atoms with Crippen LogP contribution in [0.15, 0.2) is 127 Å². The molecule has 378 valence electrons. The maximum Gasteiger partial charge on any atom is 0.231 e. The average molecular weight is 988 g/mol. The van der Waals surface area contributed by atoms with Gasteiger partial charge >= 0.3 is 0 Å². The molecule has 0 aromatic heterocycles. The van der Waals surface area contributed by atoms with Crippen LogP contribution in [-0.4, -0.2) is 79.5 Å². The third-order valence-electron chi connectivity index (χ3n) is 14.1. The second-order valence-electron chi connectivity index (χ2n) is 18.7. The predicted molar refractivity (Wildman–Crippen MR) is 265 cm³/mol. The van der Waals surface area contributed by atoms with Crippen molar-refractivity contribution in [1.29, 1.82) is 0 Å². The van der Waals surface area contributed by atoms with Gasteiger partial charge in [-0.1, -0.05) is 36.4 Å². The Bertz CT molecular complexity index is 2410. The highest BCUT2D eigenvalue weighted by atomic mass is 19.1. The van der Waals surface area contributed by atoms with Crippen LogP contribution in [-0.2, 0) is 0 Å². The minimum atomic E-state index is -0.194. The third kappa shape index (κ3) is 12.4. The molecule has 6 aliphatic rings. The van der Waals surface area contributed by atoms with Gasteiger partial charge in [-0.3, -0.25) is 0 Å². The summed E-state index contributed by atoms with van der Waals surface area (Å²) in [6.45, 7) is 8.21. The number of hydrogen-bond acceptors (Lipinski definition) is 12. The van der Waals surface area contributed by atoms with Crippen LogP contribution in [0.3, 0.4) is 0 Å². The van der Waals surface area contributed by atoms with Gasteiger partial charge in [-0.05, 0) is 146 Å². The van der Waals surface area contributed by atoms with E-state index in [4.69, 9.17) is 42.6 Å². The van der Waals surface area contributed by atoms with Crippen molar-refractivity contribution in [3.63, 3.8) is 0 Å². The van der Waals surface area contributed by atoms with E-state index in [9.17, 15) is 13.2 Å². The van der Waals surface area contributed by atoms with E-state index in [-0.39, 0.29) is 37.8 Å². The van der Waals surface area contributed by atoms with Crippen LogP contribution in [0.5, 0.6) is 51.7 Å². The van der Waals surface area contributed by atoms with Crippen LogP contribution in [0, 0.1) is 35.2 Å². The van der Waals surface area contributed by atoms with Gasteiger partial charge in [0, 0.05) is 55.6 Å². The Morgan fingerprint density at radius 1 is 0.361 bits per heavy atom. The summed E-state index contributed by atoms with van der Waals surface area (Å²) in [6, 6.07) is 37.4. The standard InChI is InChI=1S/3C19H20FNO3/c3*20-15-3-1-13(2-4-15)17-7-8-21-10-14(17)11-22-16-5-6-18-19(9-16)24-12-23-18/h3*1-6,9,14,17,21H,7-8,10-12H2/t3*14-,17-/m000/s1. The van der Waals surface area contributed by atoms with Crippen molar-refractivity contribution < 1.29 is 55.8 Å². The molecule has 0 aliphatic carbocycles. The number of ether oxygens (including phenoxy) is 9. The molecule has 0 radical (unpaired) electrons. The largest absolute Gasteiger partial charge is 0.493 e. The van der Waals surface area contributed by atoms with E-state index in [0.717, 1.165) is 110 Å². The molecule has 3 saturated heterocycles. The number of hydrogen-bond donors (Lipinski definition) is 3. The lowest BCUT2D eigenvalue weighted by molar-refractivity contribution is 0.173. The molecule has 0 unspecified atom stereocenters. The molecule has 3 fully saturated rings. The van der Waals surface area contributed by atoms with Gasteiger partial charge in [0.05, 0.1) is 19.8 Å². The van der Waals surface area contributed by atoms with Gasteiger partial charge < -0.3 is 58.6 Å². The Labute approximate surface area is 418 Å². The molecule has 0 amide bonds. The Morgan fingerprint density at radius 2 is 0.639 bits per heavy atom. The van der Waals surface area contributed by atoms with Crippen molar-refractivity contribution in [2.75, 3.05) is 79.5 Å². The predicted octanol–water partition coefficient (Wildman–Crippen LogP) is 9.98. The lowest BCUT2D eigenvalue weighted by atomic mass is 9.81. The van der Waals surface area contributed by atoms with E-state index >= 15 is 0 Å². The minimum Gasteiger partial charge on any atom is -0.493 e. The minimum absolute atomic E-state index is 0.194. The van der Waals surface area contributed by atoms with Gasteiger partial charge in [-0.2, -0.15) is 0 Å². The molecule has 6 aliphatic heterocycles. The van der Waals surface area contributed by atoms with E-state index in [1.807, 2.05) is 91.0 Å². The highest BCUT2D eigenvalue weighted by Crippen LogP contribution is 2.40. The van der Waals surface area contributed by atoms with Gasteiger partial charge in [0.1, 0.15) is 34.7 Å². The molecule has 12 rings (SSSR count). The summed E-state index contributed by atoms with van der Waals surface area (Å²) in [5, 5.41) is 10.3. The summed E-state index contributed by atoms with van der Waals surface area (Å²) < 4.78 is 89.6. The zero-order valence-electron chi connectivity index (χ0n) is 40.0. The van der Waals surface area contributed by atoms with Crippen molar-refractivity contribution in [2.24, 2.45) is 17.8 Å². The number of piperidine rings is 3. The first-order valence-corrected chi connectivity index (χ1v) is 24.8. The van der Waals surface area contributed by atoms with Crippen molar-refractivity contribution in [3.05, 3.63) is 162 Å². The topological polar surface area (TPSA) is 119 Å². The maximum atomic E-state index is 13.2. The molecule has 72 heavy (non-hydrogen) atoms. The van der Waals surface area contributed by atoms with Crippen LogP contribution in [0.2, 0.25) is 0 Å². The van der Waals surface area contributed by atoms with E-state index in [0.29, 0.717) is 55.3 Å². The normalized spacial score (nSPS) is 22.4. The van der Waals surface area contributed by atoms with Crippen LogP contribution in [0.1, 0.15) is 53.7 Å². The number of nitrogens with one attached hydrogen (secondary N) is 3. The molecule has 3 N–H and O–H groups in total. The molecule has 6 atom stereocenters. The maximum absolute atomic E-state index is 13.2. The number of fused-ring (bicyclic) bond motifs is 3. The first-order chi connectivity index (χ1) is 35.4. The second-order valence-corrected chi connectivity index (χ2v) is 18.7. The SMILES string of the molecule is Fc1ccc([C@@H]2CCNC[C@H]2COc2ccc3c(c2)OCO3)cc1.Fc1ccc([C@@H]2CCNC[C@H]2COc2ccc3c(c2)OCO3)cc1.Fc1ccc([C@@H]2CCNC[C@H]2COc2ccc3c(c2)OCO3)cc1. The van der Waals surface area contributed by atoms with Gasteiger partial charge in [-0.15, -0.1) is 0 Å². The van der Waals surface area contributed by atoms with E-state index in [2.05, 4.69) is 16.0 Å². The van der Waals surface area contributed by atoms with Crippen molar-refractivity contribution in [3.8, 4) is 51.7 Å². The first kappa shape index (κ1) is 48.8. The summed E-state index contributed by atoms with van der Waals surface area (Å²) in [7, 11) is 0.